The minimum Gasteiger partial charge on any atom is -0.508 e. The first kappa shape index (κ1) is 19.8. The number of carboxylic acid groups (broad SMARTS) is 1. The lowest BCUT2D eigenvalue weighted by atomic mass is 9.98. The average molecular weight is 399 g/mol. The zero-order chi connectivity index (χ0) is 21.2. The van der Waals surface area contributed by atoms with Crippen molar-refractivity contribution >= 4 is 5.97 Å². The van der Waals surface area contributed by atoms with Gasteiger partial charge in [-0.1, -0.05) is 11.8 Å². The second-order valence-electron chi connectivity index (χ2n) is 5.95. The number of phenols is 1. The molecule has 0 aliphatic rings. The highest BCUT2D eigenvalue weighted by Gasteiger charge is 2.33. The number of benzene rings is 2. The number of rotatable bonds is 2. The van der Waals surface area contributed by atoms with Crippen LogP contribution in [0.1, 0.15) is 27.0 Å². The average Bonchev–Trinajstić information content (AvgIpc) is 2.67. The monoisotopic (exact) mass is 399 g/mol. The van der Waals surface area contributed by atoms with E-state index in [-0.39, 0.29) is 22.6 Å². The van der Waals surface area contributed by atoms with Gasteiger partial charge in [-0.05, 0) is 48.0 Å². The smallest absolute Gasteiger partial charge is 0.417 e. The van der Waals surface area contributed by atoms with E-state index in [1.807, 2.05) is 0 Å². The molecule has 0 saturated heterocycles. The highest BCUT2D eigenvalue weighted by atomic mass is 19.4. The van der Waals surface area contributed by atoms with Crippen LogP contribution in [0.2, 0.25) is 0 Å². The van der Waals surface area contributed by atoms with Crippen LogP contribution in [-0.2, 0) is 6.18 Å². The third-order valence-electron chi connectivity index (χ3n) is 3.97. The molecule has 0 spiro atoms. The maximum absolute atomic E-state index is 13.2. The van der Waals surface area contributed by atoms with Gasteiger partial charge in [-0.25, -0.2) is 9.78 Å². The zero-order valence-corrected chi connectivity index (χ0v) is 14.5. The molecule has 0 fully saturated rings. The van der Waals surface area contributed by atoms with Crippen molar-refractivity contribution in [1.29, 1.82) is 0 Å². The fraction of sp³-hybridized carbons (Fsp3) is 0.0476. The molecule has 2 aromatic carbocycles. The van der Waals surface area contributed by atoms with Crippen molar-refractivity contribution in [3.8, 4) is 34.6 Å². The fourth-order valence-electron chi connectivity index (χ4n) is 2.58. The molecule has 146 valence electrons. The Kier molecular flexibility index (Phi) is 5.15. The molecule has 0 atom stereocenters. The Morgan fingerprint density at radius 2 is 1.62 bits per heavy atom. The Morgan fingerprint density at radius 1 is 0.931 bits per heavy atom. The largest absolute Gasteiger partial charge is 0.508 e. The molecule has 3 N–H and O–H groups in total. The molecule has 8 heteroatoms. The molecule has 1 heterocycles. The molecule has 0 aliphatic carbocycles. The van der Waals surface area contributed by atoms with Gasteiger partial charge in [-0.15, -0.1) is 0 Å². The summed E-state index contributed by atoms with van der Waals surface area (Å²) < 4.78 is 39.6. The van der Waals surface area contributed by atoms with Crippen LogP contribution < -0.4 is 0 Å². The van der Waals surface area contributed by atoms with Crippen LogP contribution >= 0.6 is 0 Å². The Hall–Kier alpha value is -3.99. The van der Waals surface area contributed by atoms with E-state index in [2.05, 4.69) is 16.8 Å². The number of alkyl halides is 3. The number of aromatic carboxylic acids is 1. The number of carbonyl (C=O) groups is 1. The molecular weight excluding hydrogens is 387 g/mol. The standard InChI is InChI=1S/C21H12F3NO4/c22-21(23,24)18-10-16(26)7-5-13(18)3-1-12-2-4-14(20(28)29)9-17(12)15-6-8-19(27)25-11-15/h2,4-11,26H,(H,25,27)(H,28,29). The van der Waals surface area contributed by atoms with Gasteiger partial charge >= 0.3 is 12.1 Å². The SMILES string of the molecule is O=C(O)c1ccc(C#Cc2ccc(O)cc2C(F)(F)F)c(-c2ccc(O)nc2)c1. The summed E-state index contributed by atoms with van der Waals surface area (Å²) in [6.07, 6.45) is -3.41. The summed E-state index contributed by atoms with van der Waals surface area (Å²) in [4.78, 5) is 15.0. The number of nitrogens with zero attached hydrogens (tertiary/aromatic N) is 1. The number of carboxylic acids is 1. The zero-order valence-electron chi connectivity index (χ0n) is 14.5. The van der Waals surface area contributed by atoms with Crippen LogP contribution in [0.15, 0.2) is 54.7 Å². The predicted molar refractivity (Wildman–Crippen MR) is 97.4 cm³/mol. The van der Waals surface area contributed by atoms with E-state index in [4.69, 9.17) is 0 Å². The van der Waals surface area contributed by atoms with Gasteiger partial charge in [0.05, 0.1) is 11.1 Å². The third-order valence-corrected chi connectivity index (χ3v) is 3.97. The van der Waals surface area contributed by atoms with E-state index in [0.29, 0.717) is 17.2 Å². The maximum atomic E-state index is 13.2. The van der Waals surface area contributed by atoms with Gasteiger partial charge in [0.15, 0.2) is 0 Å². The van der Waals surface area contributed by atoms with Crippen molar-refractivity contribution in [2.75, 3.05) is 0 Å². The molecular formula is C21H12F3NO4. The highest BCUT2D eigenvalue weighted by Crippen LogP contribution is 2.34. The molecule has 1 aromatic heterocycles. The minimum absolute atomic E-state index is 0.0424. The van der Waals surface area contributed by atoms with Crippen molar-refractivity contribution in [2.24, 2.45) is 0 Å². The second kappa shape index (κ2) is 7.56. The lowest BCUT2D eigenvalue weighted by molar-refractivity contribution is -0.137. The van der Waals surface area contributed by atoms with Gasteiger partial charge in [0, 0.05) is 29.0 Å². The normalized spacial score (nSPS) is 10.9. The quantitative estimate of drug-likeness (QED) is 0.560. The fourth-order valence-corrected chi connectivity index (χ4v) is 2.58. The third kappa shape index (κ3) is 4.47. The van der Waals surface area contributed by atoms with Crippen LogP contribution in [0, 0.1) is 11.8 Å². The van der Waals surface area contributed by atoms with Gasteiger partial charge < -0.3 is 15.3 Å². The van der Waals surface area contributed by atoms with Crippen LogP contribution in [0.3, 0.4) is 0 Å². The summed E-state index contributed by atoms with van der Waals surface area (Å²) >= 11 is 0. The number of pyridine rings is 1. The van der Waals surface area contributed by atoms with E-state index >= 15 is 0 Å². The van der Waals surface area contributed by atoms with E-state index in [1.165, 1.54) is 36.5 Å². The Morgan fingerprint density at radius 3 is 2.24 bits per heavy atom. The lowest BCUT2D eigenvalue weighted by Crippen LogP contribution is -2.07. The molecule has 0 radical (unpaired) electrons. The number of hydrogen-bond donors (Lipinski definition) is 3. The maximum Gasteiger partial charge on any atom is 0.417 e. The minimum atomic E-state index is -4.71. The summed E-state index contributed by atoms with van der Waals surface area (Å²) in [5.41, 5.74) is -0.440. The lowest BCUT2D eigenvalue weighted by Gasteiger charge is -2.09. The van der Waals surface area contributed by atoms with Gasteiger partial charge in [0.25, 0.3) is 0 Å². The van der Waals surface area contributed by atoms with Crippen LogP contribution in [0.25, 0.3) is 11.1 Å². The Labute approximate surface area is 162 Å². The molecule has 0 saturated carbocycles. The van der Waals surface area contributed by atoms with Crippen LogP contribution in [0.4, 0.5) is 13.2 Å². The molecule has 3 rings (SSSR count). The van der Waals surface area contributed by atoms with E-state index in [0.717, 1.165) is 12.1 Å². The number of aromatic nitrogens is 1. The number of halogens is 3. The molecule has 0 bridgehead atoms. The first-order chi connectivity index (χ1) is 13.6. The first-order valence-electron chi connectivity index (χ1n) is 8.10. The number of phenolic OH excluding ortho intramolecular Hbond substituents is 1. The van der Waals surface area contributed by atoms with Crippen molar-refractivity contribution in [1.82, 2.24) is 4.98 Å². The van der Waals surface area contributed by atoms with Crippen LogP contribution in [-0.4, -0.2) is 26.3 Å². The van der Waals surface area contributed by atoms with E-state index in [1.54, 1.807) is 0 Å². The van der Waals surface area contributed by atoms with Crippen LogP contribution in [0.5, 0.6) is 11.6 Å². The molecule has 0 aliphatic heterocycles. The van der Waals surface area contributed by atoms with Crippen molar-refractivity contribution in [3.05, 3.63) is 77.0 Å². The van der Waals surface area contributed by atoms with Gasteiger partial charge in [0.1, 0.15) is 5.75 Å². The Balaban J connectivity index is 2.15. The summed E-state index contributed by atoms with van der Waals surface area (Å²) in [6, 6.07) is 9.50. The summed E-state index contributed by atoms with van der Waals surface area (Å²) in [5, 5.41) is 27.9. The number of hydrogen-bond acceptors (Lipinski definition) is 4. The topological polar surface area (TPSA) is 90.7 Å². The summed E-state index contributed by atoms with van der Waals surface area (Å²) in [6.45, 7) is 0. The molecule has 3 aromatic rings. The highest BCUT2D eigenvalue weighted by molar-refractivity contribution is 5.90. The van der Waals surface area contributed by atoms with E-state index in [9.17, 15) is 33.3 Å². The van der Waals surface area contributed by atoms with Gasteiger partial charge in [-0.3, -0.25) is 0 Å². The van der Waals surface area contributed by atoms with Crippen molar-refractivity contribution < 1.29 is 33.3 Å². The van der Waals surface area contributed by atoms with E-state index < -0.39 is 23.5 Å². The second-order valence-corrected chi connectivity index (χ2v) is 5.95. The van der Waals surface area contributed by atoms with Crippen molar-refractivity contribution in [2.45, 2.75) is 6.18 Å². The number of aromatic hydroxyl groups is 2. The van der Waals surface area contributed by atoms with Gasteiger partial charge in [-0.2, -0.15) is 13.2 Å². The predicted octanol–water partition coefficient (Wildman–Crippen LogP) is 4.28. The summed E-state index contributed by atoms with van der Waals surface area (Å²) in [7, 11) is 0. The molecule has 0 unspecified atom stereocenters. The molecule has 5 nitrogen and oxygen atoms in total. The molecule has 0 amide bonds. The molecule has 29 heavy (non-hydrogen) atoms. The van der Waals surface area contributed by atoms with Gasteiger partial charge in [0.2, 0.25) is 5.88 Å². The first-order valence-corrected chi connectivity index (χ1v) is 8.10. The summed E-state index contributed by atoms with van der Waals surface area (Å²) in [5.74, 6) is 3.10. The Bertz CT molecular complexity index is 1140. The van der Waals surface area contributed by atoms with Crippen molar-refractivity contribution in [3.63, 3.8) is 0 Å².